The summed E-state index contributed by atoms with van der Waals surface area (Å²) in [4.78, 5) is 0. The second-order valence-electron chi connectivity index (χ2n) is 4.49. The summed E-state index contributed by atoms with van der Waals surface area (Å²) < 4.78 is 51.6. The van der Waals surface area contributed by atoms with Gasteiger partial charge in [0.15, 0.2) is 5.84 Å². The molecule has 9 heteroatoms. The van der Waals surface area contributed by atoms with Crippen LogP contribution >= 0.6 is 0 Å². The van der Waals surface area contributed by atoms with Crippen LogP contribution in [0.4, 0.5) is 28.9 Å². The zero-order valence-corrected chi connectivity index (χ0v) is 13.7. The predicted octanol–water partition coefficient (Wildman–Crippen LogP) is 3.70. The van der Waals surface area contributed by atoms with Crippen molar-refractivity contribution in [2.75, 3.05) is 5.32 Å². The Labute approximate surface area is 142 Å². The van der Waals surface area contributed by atoms with Gasteiger partial charge in [-0.15, -0.1) is 5.10 Å². The van der Waals surface area contributed by atoms with Crippen molar-refractivity contribution in [1.29, 1.82) is 0 Å². The number of nitrogens with zero attached hydrogens (tertiary/aromatic N) is 1. The number of benzene rings is 2. The molecule has 2 rings (SSSR count). The fourth-order valence-electron chi connectivity index (χ4n) is 1.88. The number of hydrogen-bond acceptors (Lipinski definition) is 4. The summed E-state index contributed by atoms with van der Waals surface area (Å²) in [5.41, 5.74) is 7.30. The number of hydrogen-bond donors (Lipinski definition) is 4. The summed E-state index contributed by atoms with van der Waals surface area (Å²) in [6.45, 7) is 4.00. The summed E-state index contributed by atoms with van der Waals surface area (Å²) in [5, 5.41) is 6.24. The van der Waals surface area contributed by atoms with Crippen LogP contribution in [0.15, 0.2) is 47.6 Å². The number of nitrogens with one attached hydrogen (secondary N) is 2. The van der Waals surface area contributed by atoms with E-state index in [9.17, 15) is 17.6 Å². The molecule has 0 radical (unpaired) electrons. The molecule has 0 saturated heterocycles. The summed E-state index contributed by atoms with van der Waals surface area (Å²) in [5.74, 6) is 4.30. The van der Waals surface area contributed by atoms with Crippen LogP contribution in [0.2, 0.25) is 0 Å². The second-order valence-corrected chi connectivity index (χ2v) is 4.49. The number of hydrazone groups is 1. The lowest BCUT2D eigenvalue weighted by Gasteiger charge is -2.13. The monoisotopic (exact) mass is 357 g/mol. The summed E-state index contributed by atoms with van der Waals surface area (Å²) in [7, 11) is 0. The highest BCUT2D eigenvalue weighted by Gasteiger charge is 2.30. The largest absolute Gasteiger partial charge is 0.416 e. The zero-order chi connectivity index (χ0) is 19.0. The number of amidine groups is 1. The molecule has 0 aromatic heterocycles. The molecule has 0 heterocycles. The van der Waals surface area contributed by atoms with Gasteiger partial charge in [-0.25, -0.2) is 15.8 Å². The van der Waals surface area contributed by atoms with Gasteiger partial charge in [-0.05, 0) is 36.4 Å². The lowest BCUT2D eigenvalue weighted by atomic mass is 10.1. The molecule has 0 bridgehead atoms. The second kappa shape index (κ2) is 8.88. The Balaban J connectivity index is 0.00000151. The number of rotatable bonds is 4. The van der Waals surface area contributed by atoms with Crippen LogP contribution in [-0.4, -0.2) is 5.84 Å². The first-order valence-electron chi connectivity index (χ1n) is 7.35. The van der Waals surface area contributed by atoms with E-state index in [1.165, 1.54) is 30.3 Å². The van der Waals surface area contributed by atoms with Gasteiger partial charge >= 0.3 is 6.18 Å². The van der Waals surface area contributed by atoms with E-state index in [0.717, 1.165) is 12.1 Å². The molecule has 136 valence electrons. The maximum absolute atomic E-state index is 14.0. The molecular weight excluding hydrogens is 338 g/mol. The van der Waals surface area contributed by atoms with Crippen molar-refractivity contribution >= 4 is 17.2 Å². The Hall–Kier alpha value is -2.81. The van der Waals surface area contributed by atoms with Crippen molar-refractivity contribution < 1.29 is 17.6 Å². The molecule has 0 spiro atoms. The van der Waals surface area contributed by atoms with Gasteiger partial charge in [-0.3, -0.25) is 0 Å². The Morgan fingerprint density at radius 3 is 2.16 bits per heavy atom. The molecule has 0 saturated carbocycles. The van der Waals surface area contributed by atoms with Gasteiger partial charge in [0.2, 0.25) is 0 Å². The smallest absolute Gasteiger partial charge is 0.382 e. The third kappa shape index (κ3) is 5.35. The minimum absolute atomic E-state index is 0.0243. The first kappa shape index (κ1) is 20.2. The molecule has 0 amide bonds. The van der Waals surface area contributed by atoms with E-state index in [4.69, 9.17) is 11.6 Å². The minimum atomic E-state index is -4.44. The molecule has 0 aliphatic heterocycles. The van der Waals surface area contributed by atoms with Gasteiger partial charge in [0, 0.05) is 11.3 Å². The first-order chi connectivity index (χ1) is 11.8. The third-order valence-corrected chi connectivity index (χ3v) is 2.96. The maximum atomic E-state index is 14.0. The highest BCUT2D eigenvalue weighted by atomic mass is 19.4. The van der Waals surface area contributed by atoms with E-state index in [0.29, 0.717) is 0 Å². The summed E-state index contributed by atoms with van der Waals surface area (Å²) >= 11 is 0. The van der Waals surface area contributed by atoms with E-state index in [2.05, 4.69) is 10.4 Å². The van der Waals surface area contributed by atoms with Crippen LogP contribution in [-0.2, 0) is 6.18 Å². The first-order valence-corrected chi connectivity index (χ1v) is 7.35. The van der Waals surface area contributed by atoms with E-state index >= 15 is 0 Å². The van der Waals surface area contributed by atoms with Crippen molar-refractivity contribution in [2.24, 2.45) is 16.7 Å². The lowest BCUT2D eigenvalue weighted by molar-refractivity contribution is -0.137. The van der Waals surface area contributed by atoms with E-state index in [1.807, 2.05) is 19.4 Å². The average molecular weight is 357 g/mol. The van der Waals surface area contributed by atoms with E-state index in [1.54, 1.807) is 0 Å². The fourth-order valence-corrected chi connectivity index (χ4v) is 1.88. The number of alkyl halides is 3. The maximum Gasteiger partial charge on any atom is 0.416 e. The molecule has 0 fully saturated rings. The predicted molar refractivity (Wildman–Crippen MR) is 90.5 cm³/mol. The Bertz CT molecular complexity index is 711. The highest BCUT2D eigenvalue weighted by Crippen LogP contribution is 2.31. The third-order valence-electron chi connectivity index (χ3n) is 2.96. The number of anilines is 2. The zero-order valence-electron chi connectivity index (χ0n) is 13.7. The van der Waals surface area contributed by atoms with Crippen molar-refractivity contribution in [1.82, 2.24) is 5.53 Å². The summed E-state index contributed by atoms with van der Waals surface area (Å²) in [6, 6.07) is 8.25. The Morgan fingerprint density at radius 1 is 1.04 bits per heavy atom. The van der Waals surface area contributed by atoms with Gasteiger partial charge in [-0.2, -0.15) is 13.2 Å². The number of nitrogens with two attached hydrogens (primary N) is 2. The molecule has 5 nitrogen and oxygen atoms in total. The van der Waals surface area contributed by atoms with Crippen molar-refractivity contribution in [3.8, 4) is 0 Å². The van der Waals surface area contributed by atoms with Crippen LogP contribution in [0.25, 0.3) is 0 Å². The average Bonchev–Trinajstić information content (AvgIpc) is 2.58. The van der Waals surface area contributed by atoms with Gasteiger partial charge < -0.3 is 11.1 Å². The van der Waals surface area contributed by atoms with E-state index in [-0.39, 0.29) is 22.8 Å². The van der Waals surface area contributed by atoms with Crippen LogP contribution < -0.4 is 22.4 Å². The fraction of sp³-hybridized carbons (Fsp3) is 0.188. The van der Waals surface area contributed by atoms with Crippen molar-refractivity contribution in [3.63, 3.8) is 0 Å². The topological polar surface area (TPSA) is 88.5 Å². The molecule has 6 N–H and O–H groups in total. The van der Waals surface area contributed by atoms with Crippen molar-refractivity contribution in [3.05, 3.63) is 59.4 Å². The quantitative estimate of drug-likeness (QED) is 0.221. The summed E-state index contributed by atoms with van der Waals surface area (Å²) in [6.07, 6.45) is -4.44. The minimum Gasteiger partial charge on any atom is -0.382 e. The highest BCUT2D eigenvalue weighted by molar-refractivity contribution is 6.03. The van der Waals surface area contributed by atoms with Crippen LogP contribution in [0.3, 0.4) is 0 Å². The van der Waals surface area contributed by atoms with Gasteiger partial charge in [0.1, 0.15) is 5.82 Å². The van der Waals surface area contributed by atoms with Gasteiger partial charge in [-0.1, -0.05) is 19.9 Å². The van der Waals surface area contributed by atoms with Gasteiger partial charge in [0.05, 0.1) is 11.3 Å². The normalized spacial score (nSPS) is 11.4. The Morgan fingerprint density at radius 2 is 1.64 bits per heavy atom. The number of hydrazine groups is 1. The Kier molecular flexibility index (Phi) is 7.19. The number of halogens is 4. The standard InChI is InChI=1S/C14H13F4N5.C2H6/c15-11-3-1-2-10(13(19)22-23-20)12(11)21-9-6-4-8(5-7-9)14(16,17)18;1-2/h1-7,21,23H,20H2,(H2,19,22);1-2H3. The SMILES string of the molecule is CC.NN/N=C(\N)c1cccc(F)c1Nc1ccc(C(F)(F)F)cc1. The van der Waals surface area contributed by atoms with Crippen LogP contribution in [0, 0.1) is 5.82 Å². The molecule has 0 unspecified atom stereocenters. The van der Waals surface area contributed by atoms with Crippen molar-refractivity contribution in [2.45, 2.75) is 20.0 Å². The molecule has 0 aliphatic rings. The van der Waals surface area contributed by atoms with Gasteiger partial charge in [0.25, 0.3) is 0 Å². The molecule has 2 aromatic carbocycles. The lowest BCUT2D eigenvalue weighted by Crippen LogP contribution is -2.24. The van der Waals surface area contributed by atoms with Crippen LogP contribution in [0.5, 0.6) is 0 Å². The molecule has 2 aromatic rings. The molecule has 0 atom stereocenters. The molecule has 0 aliphatic carbocycles. The van der Waals surface area contributed by atoms with E-state index < -0.39 is 17.6 Å². The van der Waals surface area contributed by atoms with Crippen LogP contribution in [0.1, 0.15) is 25.0 Å². The molecule has 25 heavy (non-hydrogen) atoms. The number of para-hydroxylation sites is 1. The molecular formula is C16H19F4N5.